The van der Waals surface area contributed by atoms with Crippen LogP contribution in [0.25, 0.3) is 0 Å². The number of aliphatic hydroxyl groups is 1. The molecule has 3 nitrogen and oxygen atoms in total. The molecule has 1 aromatic carbocycles. The monoisotopic (exact) mass is 250 g/mol. The zero-order chi connectivity index (χ0) is 13.4. The van der Waals surface area contributed by atoms with Crippen molar-refractivity contribution in [3.05, 3.63) is 35.9 Å². The van der Waals surface area contributed by atoms with E-state index < -0.39 is 5.60 Å². The number of rotatable bonds is 8. The summed E-state index contributed by atoms with van der Waals surface area (Å²) in [5.74, 6) is 0. The van der Waals surface area contributed by atoms with E-state index in [4.69, 9.17) is 5.73 Å². The van der Waals surface area contributed by atoms with E-state index in [2.05, 4.69) is 18.9 Å². The van der Waals surface area contributed by atoms with Gasteiger partial charge in [-0.15, -0.1) is 0 Å². The lowest BCUT2D eigenvalue weighted by Crippen LogP contribution is -2.38. The van der Waals surface area contributed by atoms with E-state index in [1.54, 1.807) is 0 Å². The lowest BCUT2D eigenvalue weighted by Gasteiger charge is -2.29. The number of hydrogen-bond donors (Lipinski definition) is 2. The van der Waals surface area contributed by atoms with Gasteiger partial charge in [0, 0.05) is 13.1 Å². The van der Waals surface area contributed by atoms with Crippen LogP contribution in [0.5, 0.6) is 0 Å². The molecule has 1 atom stereocenters. The van der Waals surface area contributed by atoms with Crippen molar-refractivity contribution in [3.8, 4) is 0 Å². The van der Waals surface area contributed by atoms with Gasteiger partial charge in [0.25, 0.3) is 0 Å². The van der Waals surface area contributed by atoms with Crippen LogP contribution in [0.15, 0.2) is 30.3 Å². The van der Waals surface area contributed by atoms with Crippen molar-refractivity contribution in [2.45, 2.75) is 31.8 Å². The highest BCUT2D eigenvalue weighted by Crippen LogP contribution is 2.23. The SMILES string of the molecule is CCCCN(C)CCC(O)(CN)c1ccccc1. The summed E-state index contributed by atoms with van der Waals surface area (Å²) in [7, 11) is 2.09. The van der Waals surface area contributed by atoms with Gasteiger partial charge in [-0.3, -0.25) is 0 Å². The first kappa shape index (κ1) is 15.2. The molecular weight excluding hydrogens is 224 g/mol. The van der Waals surface area contributed by atoms with Crippen molar-refractivity contribution in [1.82, 2.24) is 4.90 Å². The highest BCUT2D eigenvalue weighted by molar-refractivity contribution is 5.22. The molecule has 0 aliphatic carbocycles. The molecule has 1 rings (SSSR count). The van der Waals surface area contributed by atoms with Crippen LogP contribution in [0.1, 0.15) is 31.7 Å². The smallest absolute Gasteiger partial charge is 0.103 e. The Balaban J connectivity index is 2.56. The summed E-state index contributed by atoms with van der Waals surface area (Å²) >= 11 is 0. The molecule has 0 fully saturated rings. The second-order valence-corrected chi connectivity index (χ2v) is 5.01. The second-order valence-electron chi connectivity index (χ2n) is 5.01. The minimum absolute atomic E-state index is 0.263. The largest absolute Gasteiger partial charge is 0.384 e. The van der Waals surface area contributed by atoms with Crippen LogP contribution in [0.2, 0.25) is 0 Å². The topological polar surface area (TPSA) is 49.5 Å². The van der Waals surface area contributed by atoms with Crippen LogP contribution in [0.4, 0.5) is 0 Å². The summed E-state index contributed by atoms with van der Waals surface area (Å²) in [5.41, 5.74) is 5.77. The van der Waals surface area contributed by atoms with Crippen molar-refractivity contribution >= 4 is 0 Å². The molecular formula is C15H26N2O. The molecule has 0 aromatic heterocycles. The lowest BCUT2D eigenvalue weighted by atomic mass is 9.90. The molecule has 3 N–H and O–H groups in total. The van der Waals surface area contributed by atoms with Crippen molar-refractivity contribution < 1.29 is 5.11 Å². The minimum Gasteiger partial charge on any atom is -0.384 e. The fourth-order valence-corrected chi connectivity index (χ4v) is 2.03. The van der Waals surface area contributed by atoms with Gasteiger partial charge in [-0.2, -0.15) is 0 Å². The number of nitrogens with zero attached hydrogens (tertiary/aromatic N) is 1. The Hall–Kier alpha value is -0.900. The van der Waals surface area contributed by atoms with Gasteiger partial charge in [0.1, 0.15) is 5.60 Å². The van der Waals surface area contributed by atoms with E-state index in [-0.39, 0.29) is 6.54 Å². The standard InChI is InChI=1S/C15H26N2O/c1-3-4-11-17(2)12-10-15(18,13-16)14-8-6-5-7-9-14/h5-9,18H,3-4,10-13,16H2,1-2H3. The predicted octanol–water partition coefficient (Wildman–Crippen LogP) is 1.95. The first-order valence-electron chi connectivity index (χ1n) is 6.79. The molecule has 3 heteroatoms. The van der Waals surface area contributed by atoms with Gasteiger partial charge in [-0.25, -0.2) is 0 Å². The molecule has 0 bridgehead atoms. The summed E-state index contributed by atoms with van der Waals surface area (Å²) in [5, 5.41) is 10.6. The highest BCUT2D eigenvalue weighted by atomic mass is 16.3. The summed E-state index contributed by atoms with van der Waals surface area (Å²) in [6, 6.07) is 9.72. The van der Waals surface area contributed by atoms with E-state index >= 15 is 0 Å². The van der Waals surface area contributed by atoms with E-state index in [0.717, 1.165) is 18.7 Å². The van der Waals surface area contributed by atoms with Gasteiger partial charge in [0.05, 0.1) is 0 Å². The fourth-order valence-electron chi connectivity index (χ4n) is 2.03. The molecule has 0 aliphatic heterocycles. The molecule has 1 aromatic rings. The lowest BCUT2D eigenvalue weighted by molar-refractivity contribution is 0.0280. The Bertz CT molecular complexity index is 329. The van der Waals surface area contributed by atoms with Gasteiger partial charge in [0.15, 0.2) is 0 Å². The maximum atomic E-state index is 10.6. The Labute approximate surface area is 111 Å². The molecule has 102 valence electrons. The highest BCUT2D eigenvalue weighted by Gasteiger charge is 2.27. The van der Waals surface area contributed by atoms with Crippen LogP contribution in [-0.4, -0.2) is 36.7 Å². The van der Waals surface area contributed by atoms with E-state index in [1.165, 1.54) is 12.8 Å². The Morgan fingerprint density at radius 2 is 1.89 bits per heavy atom. The number of nitrogens with two attached hydrogens (primary N) is 1. The molecule has 18 heavy (non-hydrogen) atoms. The Morgan fingerprint density at radius 3 is 2.44 bits per heavy atom. The van der Waals surface area contributed by atoms with Crippen LogP contribution in [0, 0.1) is 0 Å². The van der Waals surface area contributed by atoms with Gasteiger partial charge in [0.2, 0.25) is 0 Å². The van der Waals surface area contributed by atoms with Gasteiger partial charge in [-0.1, -0.05) is 43.7 Å². The van der Waals surface area contributed by atoms with Crippen molar-refractivity contribution in [1.29, 1.82) is 0 Å². The molecule has 0 spiro atoms. The van der Waals surface area contributed by atoms with Crippen LogP contribution in [0.3, 0.4) is 0 Å². The van der Waals surface area contributed by atoms with Crippen molar-refractivity contribution in [2.24, 2.45) is 5.73 Å². The Morgan fingerprint density at radius 1 is 1.22 bits per heavy atom. The van der Waals surface area contributed by atoms with Crippen LogP contribution in [-0.2, 0) is 5.60 Å². The van der Waals surface area contributed by atoms with E-state index in [9.17, 15) is 5.11 Å². The molecule has 0 saturated heterocycles. The first-order chi connectivity index (χ1) is 8.62. The van der Waals surface area contributed by atoms with Gasteiger partial charge >= 0.3 is 0 Å². The molecule has 1 unspecified atom stereocenters. The van der Waals surface area contributed by atoms with Gasteiger partial charge in [-0.05, 0) is 32.0 Å². The fraction of sp³-hybridized carbons (Fsp3) is 0.600. The zero-order valence-electron chi connectivity index (χ0n) is 11.6. The quantitative estimate of drug-likeness (QED) is 0.741. The average Bonchev–Trinajstić information content (AvgIpc) is 2.43. The normalized spacial score (nSPS) is 14.7. The predicted molar refractivity (Wildman–Crippen MR) is 76.4 cm³/mol. The third kappa shape index (κ3) is 4.41. The maximum Gasteiger partial charge on any atom is 0.103 e. The zero-order valence-corrected chi connectivity index (χ0v) is 11.6. The summed E-state index contributed by atoms with van der Waals surface area (Å²) in [4.78, 5) is 2.26. The Kier molecular flexibility index (Phi) is 6.33. The molecule has 0 aliphatic rings. The number of unbranched alkanes of at least 4 members (excludes halogenated alkanes) is 1. The van der Waals surface area contributed by atoms with Crippen molar-refractivity contribution in [2.75, 3.05) is 26.7 Å². The van der Waals surface area contributed by atoms with Crippen molar-refractivity contribution in [3.63, 3.8) is 0 Å². The first-order valence-corrected chi connectivity index (χ1v) is 6.79. The maximum absolute atomic E-state index is 10.6. The average molecular weight is 250 g/mol. The van der Waals surface area contributed by atoms with Gasteiger partial charge < -0.3 is 15.7 Å². The third-order valence-corrected chi connectivity index (χ3v) is 3.45. The number of hydrogen-bond acceptors (Lipinski definition) is 3. The third-order valence-electron chi connectivity index (χ3n) is 3.45. The molecule has 0 heterocycles. The molecule has 0 saturated carbocycles. The summed E-state index contributed by atoms with van der Waals surface area (Å²) < 4.78 is 0. The van der Waals surface area contributed by atoms with E-state index in [1.807, 2.05) is 30.3 Å². The molecule has 0 amide bonds. The summed E-state index contributed by atoms with van der Waals surface area (Å²) in [6.07, 6.45) is 3.07. The second kappa shape index (κ2) is 7.52. The minimum atomic E-state index is -0.901. The number of benzene rings is 1. The van der Waals surface area contributed by atoms with Crippen LogP contribution >= 0.6 is 0 Å². The molecule has 0 radical (unpaired) electrons. The van der Waals surface area contributed by atoms with Crippen LogP contribution < -0.4 is 5.73 Å². The van der Waals surface area contributed by atoms with E-state index in [0.29, 0.717) is 6.42 Å². The summed E-state index contributed by atoms with van der Waals surface area (Å²) in [6.45, 7) is 4.39.